The van der Waals surface area contributed by atoms with E-state index in [1.807, 2.05) is 18.2 Å². The molecule has 1 aromatic heterocycles. The summed E-state index contributed by atoms with van der Waals surface area (Å²) in [7, 11) is -2.96. The zero-order chi connectivity index (χ0) is 17.9. The molecular weight excluding hydrogens is 362 g/mol. The summed E-state index contributed by atoms with van der Waals surface area (Å²) in [5, 5.41) is 6.53. The van der Waals surface area contributed by atoms with Crippen molar-refractivity contribution in [3.05, 3.63) is 58.9 Å². The molecule has 2 heterocycles. The largest absolute Gasteiger partial charge is 0.381 e. The lowest BCUT2D eigenvalue weighted by atomic mass is 10.2. The molecule has 1 atom stereocenters. The molecule has 2 N–H and O–H groups in total. The van der Waals surface area contributed by atoms with Crippen molar-refractivity contribution < 1.29 is 13.2 Å². The predicted octanol–water partition coefficient (Wildman–Crippen LogP) is 2.26. The van der Waals surface area contributed by atoms with Gasteiger partial charge < -0.3 is 10.6 Å². The van der Waals surface area contributed by atoms with Crippen molar-refractivity contribution >= 4 is 33.0 Å². The molecule has 2 aromatic rings. The molecule has 1 aliphatic rings. The first kappa shape index (κ1) is 17.7. The Bertz CT molecular complexity index is 886. The van der Waals surface area contributed by atoms with Crippen molar-refractivity contribution in [2.24, 2.45) is 0 Å². The third-order valence-electron chi connectivity index (χ3n) is 3.99. The van der Waals surface area contributed by atoms with Crippen LogP contribution < -0.4 is 10.6 Å². The molecule has 8 heteroatoms. The van der Waals surface area contributed by atoms with Crippen LogP contribution in [0.15, 0.2) is 42.6 Å². The van der Waals surface area contributed by atoms with Crippen LogP contribution in [0.3, 0.4) is 0 Å². The van der Waals surface area contributed by atoms with Gasteiger partial charge in [0.05, 0.1) is 11.5 Å². The summed E-state index contributed by atoms with van der Waals surface area (Å²) in [4.78, 5) is 16.4. The number of benzene rings is 1. The van der Waals surface area contributed by atoms with Crippen molar-refractivity contribution in [1.29, 1.82) is 0 Å². The number of aromatic nitrogens is 1. The third-order valence-corrected chi connectivity index (χ3v) is 6.13. The SMILES string of the molecule is O=C(NCc1ccccc1Cl)c1cc(NC2CCS(=O)(=O)C2)ccn1. The van der Waals surface area contributed by atoms with Gasteiger partial charge in [-0.1, -0.05) is 29.8 Å². The molecule has 6 nitrogen and oxygen atoms in total. The van der Waals surface area contributed by atoms with Crippen molar-refractivity contribution in [2.75, 3.05) is 16.8 Å². The molecule has 132 valence electrons. The average Bonchev–Trinajstić information content (AvgIpc) is 2.92. The minimum atomic E-state index is -2.96. The number of hydrogen-bond donors (Lipinski definition) is 2. The number of amides is 1. The van der Waals surface area contributed by atoms with Gasteiger partial charge >= 0.3 is 0 Å². The molecule has 0 aliphatic carbocycles. The predicted molar refractivity (Wildman–Crippen MR) is 97.5 cm³/mol. The second-order valence-corrected chi connectivity index (χ2v) is 8.58. The fourth-order valence-corrected chi connectivity index (χ4v) is 4.57. The number of carbonyl (C=O) groups excluding carboxylic acids is 1. The summed E-state index contributed by atoms with van der Waals surface area (Å²) in [5.41, 5.74) is 1.76. The smallest absolute Gasteiger partial charge is 0.270 e. The highest BCUT2D eigenvalue weighted by atomic mass is 35.5. The van der Waals surface area contributed by atoms with E-state index in [1.54, 1.807) is 18.2 Å². The Labute approximate surface area is 151 Å². The molecule has 0 spiro atoms. The lowest BCUT2D eigenvalue weighted by Crippen LogP contribution is -2.25. The molecule has 1 fully saturated rings. The first-order valence-corrected chi connectivity index (χ1v) is 10.1. The van der Waals surface area contributed by atoms with Crippen LogP contribution in [-0.2, 0) is 16.4 Å². The van der Waals surface area contributed by atoms with Gasteiger partial charge in [-0.05, 0) is 30.2 Å². The summed E-state index contributed by atoms with van der Waals surface area (Å²) in [6.07, 6.45) is 2.09. The van der Waals surface area contributed by atoms with Gasteiger partial charge in [0.25, 0.3) is 5.91 Å². The fraction of sp³-hybridized carbons (Fsp3) is 0.294. The molecular formula is C17H18ClN3O3S. The second-order valence-electron chi connectivity index (χ2n) is 5.95. The minimum Gasteiger partial charge on any atom is -0.381 e. The van der Waals surface area contributed by atoms with E-state index < -0.39 is 9.84 Å². The maximum atomic E-state index is 12.3. The van der Waals surface area contributed by atoms with Crippen LogP contribution >= 0.6 is 11.6 Å². The molecule has 1 aliphatic heterocycles. The van der Waals surface area contributed by atoms with E-state index in [1.165, 1.54) is 6.20 Å². The lowest BCUT2D eigenvalue weighted by molar-refractivity contribution is 0.0946. The summed E-state index contributed by atoms with van der Waals surface area (Å²) in [6.45, 7) is 0.304. The number of nitrogens with one attached hydrogen (secondary N) is 2. The number of anilines is 1. The van der Waals surface area contributed by atoms with Gasteiger partial charge in [0, 0.05) is 29.5 Å². The summed E-state index contributed by atoms with van der Waals surface area (Å²) in [5.74, 6) is -0.00722. The Morgan fingerprint density at radius 2 is 2.08 bits per heavy atom. The van der Waals surface area contributed by atoms with Crippen LogP contribution in [0.4, 0.5) is 5.69 Å². The number of nitrogens with zero attached hydrogens (tertiary/aromatic N) is 1. The monoisotopic (exact) mass is 379 g/mol. The quantitative estimate of drug-likeness (QED) is 0.831. The summed E-state index contributed by atoms with van der Waals surface area (Å²) in [6, 6.07) is 10.5. The maximum absolute atomic E-state index is 12.3. The number of pyridine rings is 1. The van der Waals surface area contributed by atoms with Crippen molar-refractivity contribution in [3.8, 4) is 0 Å². The normalized spacial score (nSPS) is 18.7. The molecule has 1 aromatic carbocycles. The van der Waals surface area contributed by atoms with E-state index in [0.29, 0.717) is 23.7 Å². The highest BCUT2D eigenvalue weighted by Crippen LogP contribution is 2.18. The summed E-state index contributed by atoms with van der Waals surface area (Å²) >= 11 is 6.07. The molecule has 3 rings (SSSR count). The Balaban J connectivity index is 1.63. The molecule has 0 radical (unpaired) electrons. The van der Waals surface area contributed by atoms with Crippen LogP contribution in [0, 0.1) is 0 Å². The first-order valence-electron chi connectivity index (χ1n) is 7.87. The van der Waals surface area contributed by atoms with Gasteiger partial charge in [0.1, 0.15) is 5.69 Å². The van der Waals surface area contributed by atoms with Gasteiger partial charge in [-0.25, -0.2) is 8.42 Å². The Kier molecular flexibility index (Phi) is 5.24. The van der Waals surface area contributed by atoms with Crippen molar-refractivity contribution in [2.45, 2.75) is 19.0 Å². The zero-order valence-electron chi connectivity index (χ0n) is 13.4. The Morgan fingerprint density at radius 3 is 2.80 bits per heavy atom. The van der Waals surface area contributed by atoms with Crippen LogP contribution in [0.1, 0.15) is 22.5 Å². The van der Waals surface area contributed by atoms with Crippen LogP contribution in [-0.4, -0.2) is 36.9 Å². The number of halogens is 1. The summed E-state index contributed by atoms with van der Waals surface area (Å²) < 4.78 is 23.1. The fourth-order valence-electron chi connectivity index (χ4n) is 2.70. The highest BCUT2D eigenvalue weighted by Gasteiger charge is 2.27. The van der Waals surface area contributed by atoms with E-state index >= 15 is 0 Å². The standard InChI is InChI=1S/C17H18ClN3O3S/c18-15-4-2-1-3-12(15)10-20-17(22)16-9-13(5-7-19-16)21-14-6-8-25(23,24)11-14/h1-5,7,9,14H,6,8,10-11H2,(H,19,21)(H,20,22). The molecule has 0 bridgehead atoms. The lowest BCUT2D eigenvalue weighted by Gasteiger charge is -2.13. The van der Waals surface area contributed by atoms with Crippen molar-refractivity contribution in [3.63, 3.8) is 0 Å². The maximum Gasteiger partial charge on any atom is 0.270 e. The molecule has 0 saturated carbocycles. The van der Waals surface area contributed by atoms with E-state index in [2.05, 4.69) is 15.6 Å². The zero-order valence-corrected chi connectivity index (χ0v) is 15.0. The topological polar surface area (TPSA) is 88.2 Å². The van der Waals surface area contributed by atoms with Gasteiger partial charge in [0.2, 0.25) is 0 Å². The van der Waals surface area contributed by atoms with Gasteiger partial charge in [-0.2, -0.15) is 0 Å². The average molecular weight is 380 g/mol. The van der Waals surface area contributed by atoms with Gasteiger partial charge in [0.15, 0.2) is 9.84 Å². The second kappa shape index (κ2) is 7.41. The van der Waals surface area contributed by atoms with E-state index in [-0.39, 0.29) is 29.1 Å². The molecule has 1 saturated heterocycles. The third kappa shape index (κ3) is 4.70. The van der Waals surface area contributed by atoms with E-state index in [9.17, 15) is 13.2 Å². The first-order chi connectivity index (χ1) is 11.9. The molecule has 25 heavy (non-hydrogen) atoms. The molecule has 1 unspecified atom stereocenters. The van der Waals surface area contributed by atoms with Gasteiger partial charge in [-0.15, -0.1) is 0 Å². The number of rotatable bonds is 5. The number of hydrogen-bond acceptors (Lipinski definition) is 5. The highest BCUT2D eigenvalue weighted by molar-refractivity contribution is 7.91. The minimum absolute atomic E-state index is 0.114. The Morgan fingerprint density at radius 1 is 1.28 bits per heavy atom. The molecule has 1 amide bonds. The van der Waals surface area contributed by atoms with Crippen LogP contribution in [0.2, 0.25) is 5.02 Å². The van der Waals surface area contributed by atoms with Crippen LogP contribution in [0.5, 0.6) is 0 Å². The van der Waals surface area contributed by atoms with E-state index in [0.717, 1.165) is 5.56 Å². The van der Waals surface area contributed by atoms with Crippen LogP contribution in [0.25, 0.3) is 0 Å². The van der Waals surface area contributed by atoms with E-state index in [4.69, 9.17) is 11.6 Å². The van der Waals surface area contributed by atoms with Gasteiger partial charge in [-0.3, -0.25) is 9.78 Å². The van der Waals surface area contributed by atoms with Crippen molar-refractivity contribution in [1.82, 2.24) is 10.3 Å². The number of sulfone groups is 1. The number of carbonyl (C=O) groups is 1. The Hall–Kier alpha value is -2.12.